The molecular formula is C6H4FN3O. The maximum absolute atomic E-state index is 12.8. The highest BCUT2D eigenvalue weighted by Crippen LogP contribution is 2.12. The fourth-order valence-electron chi connectivity index (χ4n) is 0.900. The van der Waals surface area contributed by atoms with Gasteiger partial charge in [0, 0.05) is 0 Å². The summed E-state index contributed by atoms with van der Waals surface area (Å²) in [7, 11) is 0. The number of benzene rings is 1. The first-order chi connectivity index (χ1) is 5.29. The quantitative estimate of drug-likeness (QED) is 0.569. The van der Waals surface area contributed by atoms with Crippen molar-refractivity contribution in [3.63, 3.8) is 0 Å². The molecule has 0 saturated heterocycles. The first-order valence-corrected chi connectivity index (χ1v) is 2.98. The number of halogens is 1. The van der Waals surface area contributed by atoms with Gasteiger partial charge in [-0.2, -0.15) is 0 Å². The zero-order chi connectivity index (χ0) is 7.84. The summed E-state index contributed by atoms with van der Waals surface area (Å²) in [5.41, 5.74) is 0.347. The third-order valence-corrected chi connectivity index (χ3v) is 1.41. The average Bonchev–Trinajstić information content (AvgIpc) is 2.35. The summed E-state index contributed by atoms with van der Waals surface area (Å²) in [6.07, 6.45) is 0. The number of hydrogen-bond donors (Lipinski definition) is 1. The Morgan fingerprint density at radius 2 is 2.27 bits per heavy atom. The van der Waals surface area contributed by atoms with E-state index < -0.39 is 5.82 Å². The SMILES string of the molecule is On1nnc2c(F)cccc21. The van der Waals surface area contributed by atoms with Gasteiger partial charge in [0.05, 0.1) is 0 Å². The van der Waals surface area contributed by atoms with E-state index in [-0.39, 0.29) is 11.0 Å². The Bertz CT molecular complexity index is 398. The van der Waals surface area contributed by atoms with E-state index in [0.717, 1.165) is 0 Å². The molecule has 1 aromatic heterocycles. The molecule has 0 amide bonds. The van der Waals surface area contributed by atoms with Crippen molar-refractivity contribution < 1.29 is 9.60 Å². The average molecular weight is 153 g/mol. The molecular weight excluding hydrogens is 149 g/mol. The summed E-state index contributed by atoms with van der Waals surface area (Å²) in [6.45, 7) is 0. The minimum Gasteiger partial charge on any atom is -0.410 e. The lowest BCUT2D eigenvalue weighted by Crippen LogP contribution is -1.90. The molecule has 0 aliphatic heterocycles. The maximum Gasteiger partial charge on any atom is 0.153 e. The Balaban J connectivity index is 2.94. The summed E-state index contributed by atoms with van der Waals surface area (Å²) < 4.78 is 12.8. The van der Waals surface area contributed by atoms with Crippen molar-refractivity contribution in [3.8, 4) is 0 Å². The monoisotopic (exact) mass is 153 g/mol. The third kappa shape index (κ3) is 0.739. The van der Waals surface area contributed by atoms with Crippen LogP contribution in [0.15, 0.2) is 18.2 Å². The normalized spacial score (nSPS) is 10.6. The van der Waals surface area contributed by atoms with Crippen LogP contribution in [0, 0.1) is 5.82 Å². The molecule has 0 bridgehead atoms. The van der Waals surface area contributed by atoms with Gasteiger partial charge in [0.2, 0.25) is 0 Å². The van der Waals surface area contributed by atoms with E-state index in [4.69, 9.17) is 5.21 Å². The first kappa shape index (κ1) is 6.09. The summed E-state index contributed by atoms with van der Waals surface area (Å²) in [5.74, 6) is -0.484. The standard InChI is InChI=1S/C6H4FN3O/c7-4-2-1-3-5-6(4)8-9-10(5)11/h1-3,11H. The maximum atomic E-state index is 12.8. The van der Waals surface area contributed by atoms with Gasteiger partial charge in [-0.15, -0.1) is 5.10 Å². The predicted molar refractivity (Wildman–Crippen MR) is 34.7 cm³/mol. The Kier molecular flexibility index (Phi) is 1.06. The van der Waals surface area contributed by atoms with E-state index >= 15 is 0 Å². The highest BCUT2D eigenvalue weighted by Gasteiger charge is 2.05. The Hall–Kier alpha value is -1.65. The van der Waals surface area contributed by atoms with Gasteiger partial charge in [-0.1, -0.05) is 10.9 Å². The van der Waals surface area contributed by atoms with E-state index in [2.05, 4.69) is 10.3 Å². The Morgan fingerprint density at radius 3 is 3.00 bits per heavy atom. The lowest BCUT2D eigenvalue weighted by Gasteiger charge is -1.88. The van der Waals surface area contributed by atoms with E-state index in [9.17, 15) is 4.39 Å². The number of aromatic nitrogens is 3. The lowest BCUT2D eigenvalue weighted by molar-refractivity contribution is 0.154. The fourth-order valence-corrected chi connectivity index (χ4v) is 0.900. The molecule has 1 aromatic carbocycles. The van der Waals surface area contributed by atoms with Crippen LogP contribution >= 0.6 is 0 Å². The zero-order valence-electron chi connectivity index (χ0n) is 5.40. The van der Waals surface area contributed by atoms with Gasteiger partial charge >= 0.3 is 0 Å². The van der Waals surface area contributed by atoms with Crippen molar-refractivity contribution in [2.24, 2.45) is 0 Å². The van der Waals surface area contributed by atoms with Crippen LogP contribution in [0.2, 0.25) is 0 Å². The smallest absolute Gasteiger partial charge is 0.153 e. The van der Waals surface area contributed by atoms with Crippen LogP contribution in [0.4, 0.5) is 4.39 Å². The van der Waals surface area contributed by atoms with Crippen LogP contribution in [0.5, 0.6) is 0 Å². The number of hydrogen-bond acceptors (Lipinski definition) is 3. The molecule has 0 radical (unpaired) electrons. The van der Waals surface area contributed by atoms with E-state index in [1.807, 2.05) is 0 Å². The molecule has 0 spiro atoms. The van der Waals surface area contributed by atoms with Crippen LogP contribution in [-0.2, 0) is 0 Å². The first-order valence-electron chi connectivity index (χ1n) is 2.98. The number of rotatable bonds is 0. The highest BCUT2D eigenvalue weighted by molar-refractivity contribution is 5.74. The van der Waals surface area contributed by atoms with Gasteiger partial charge in [0.1, 0.15) is 5.52 Å². The molecule has 0 saturated carbocycles. The molecule has 56 valence electrons. The van der Waals surface area contributed by atoms with Crippen molar-refractivity contribution >= 4 is 11.0 Å². The van der Waals surface area contributed by atoms with Gasteiger partial charge in [0.25, 0.3) is 0 Å². The molecule has 2 rings (SSSR count). The van der Waals surface area contributed by atoms with Gasteiger partial charge in [-0.25, -0.2) is 4.39 Å². The molecule has 1 heterocycles. The molecule has 0 fully saturated rings. The second kappa shape index (κ2) is 1.91. The topological polar surface area (TPSA) is 50.9 Å². The molecule has 0 atom stereocenters. The lowest BCUT2D eigenvalue weighted by atomic mass is 10.3. The van der Waals surface area contributed by atoms with E-state index in [1.165, 1.54) is 18.2 Å². The van der Waals surface area contributed by atoms with Crippen molar-refractivity contribution in [3.05, 3.63) is 24.0 Å². The van der Waals surface area contributed by atoms with Crippen LogP contribution in [0.25, 0.3) is 11.0 Å². The Labute approximate surface area is 60.8 Å². The fraction of sp³-hybridized carbons (Fsp3) is 0. The molecule has 2 aromatic rings. The minimum atomic E-state index is -0.484. The van der Waals surface area contributed by atoms with E-state index in [0.29, 0.717) is 4.85 Å². The Morgan fingerprint density at radius 1 is 1.45 bits per heavy atom. The van der Waals surface area contributed by atoms with Gasteiger partial charge in [0.15, 0.2) is 11.3 Å². The second-order valence-corrected chi connectivity index (χ2v) is 2.09. The van der Waals surface area contributed by atoms with Gasteiger partial charge in [-0.3, -0.25) is 0 Å². The van der Waals surface area contributed by atoms with Crippen molar-refractivity contribution in [1.29, 1.82) is 0 Å². The summed E-state index contributed by atoms with van der Waals surface area (Å²) in [4.78, 5) is 0.540. The molecule has 0 aliphatic carbocycles. The summed E-state index contributed by atoms with van der Waals surface area (Å²) in [6, 6.07) is 4.27. The molecule has 11 heavy (non-hydrogen) atoms. The highest BCUT2D eigenvalue weighted by atomic mass is 19.1. The van der Waals surface area contributed by atoms with Gasteiger partial charge in [-0.05, 0) is 17.3 Å². The minimum absolute atomic E-state index is 0.0787. The van der Waals surface area contributed by atoms with Crippen LogP contribution in [-0.4, -0.2) is 20.4 Å². The van der Waals surface area contributed by atoms with Crippen LogP contribution < -0.4 is 0 Å². The third-order valence-electron chi connectivity index (χ3n) is 1.41. The van der Waals surface area contributed by atoms with Crippen LogP contribution in [0.3, 0.4) is 0 Å². The number of fused-ring (bicyclic) bond motifs is 1. The van der Waals surface area contributed by atoms with Crippen molar-refractivity contribution in [1.82, 2.24) is 15.2 Å². The molecule has 4 nitrogen and oxygen atoms in total. The predicted octanol–water partition coefficient (Wildman–Crippen LogP) is 0.808. The molecule has 0 aliphatic rings. The molecule has 5 heteroatoms. The second-order valence-electron chi connectivity index (χ2n) is 2.09. The number of nitrogens with zero attached hydrogens (tertiary/aromatic N) is 3. The van der Waals surface area contributed by atoms with Crippen molar-refractivity contribution in [2.45, 2.75) is 0 Å². The van der Waals surface area contributed by atoms with Crippen LogP contribution in [0.1, 0.15) is 0 Å². The zero-order valence-corrected chi connectivity index (χ0v) is 5.40. The molecule has 1 N–H and O–H groups in total. The largest absolute Gasteiger partial charge is 0.410 e. The molecule has 0 unspecified atom stereocenters. The van der Waals surface area contributed by atoms with Crippen molar-refractivity contribution in [2.75, 3.05) is 0 Å². The van der Waals surface area contributed by atoms with Gasteiger partial charge < -0.3 is 5.21 Å². The van der Waals surface area contributed by atoms with E-state index in [1.54, 1.807) is 0 Å². The summed E-state index contributed by atoms with van der Waals surface area (Å²) in [5, 5.41) is 15.6. The summed E-state index contributed by atoms with van der Waals surface area (Å²) >= 11 is 0.